The van der Waals surface area contributed by atoms with Crippen molar-refractivity contribution in [1.29, 1.82) is 0 Å². The fourth-order valence-corrected chi connectivity index (χ4v) is 2.28. The first-order valence-corrected chi connectivity index (χ1v) is 7.60. The summed E-state index contributed by atoms with van der Waals surface area (Å²) in [5, 5.41) is 2.86. The Morgan fingerprint density at radius 1 is 1.19 bits per heavy atom. The second kappa shape index (κ2) is 7.27. The number of amides is 1. The summed E-state index contributed by atoms with van der Waals surface area (Å²) in [5.74, 6) is 0.774. The van der Waals surface area contributed by atoms with Crippen LogP contribution in [0.5, 0.6) is 5.75 Å². The van der Waals surface area contributed by atoms with Gasteiger partial charge in [-0.25, -0.2) is 0 Å². The van der Waals surface area contributed by atoms with Gasteiger partial charge in [0, 0.05) is 4.47 Å². The first-order valence-electron chi connectivity index (χ1n) is 6.80. The molecule has 0 atom stereocenters. The summed E-state index contributed by atoms with van der Waals surface area (Å²) >= 11 is 3.40. The van der Waals surface area contributed by atoms with Gasteiger partial charge in [-0.2, -0.15) is 0 Å². The zero-order valence-corrected chi connectivity index (χ0v) is 13.7. The van der Waals surface area contributed by atoms with Crippen LogP contribution in [0.15, 0.2) is 46.9 Å². The molecule has 0 aliphatic carbocycles. The molecule has 1 N–H and O–H groups in total. The van der Waals surface area contributed by atoms with Crippen LogP contribution in [0, 0.1) is 13.8 Å². The van der Waals surface area contributed by atoms with Crippen LogP contribution in [0.25, 0.3) is 0 Å². The molecule has 0 aromatic heterocycles. The molecule has 2 aromatic carbocycles. The quantitative estimate of drug-likeness (QED) is 0.866. The van der Waals surface area contributed by atoms with Crippen LogP contribution in [-0.2, 0) is 4.79 Å². The van der Waals surface area contributed by atoms with Crippen LogP contribution in [0.1, 0.15) is 17.5 Å². The van der Waals surface area contributed by atoms with Gasteiger partial charge in [-0.05, 0) is 59.1 Å². The van der Waals surface area contributed by atoms with E-state index in [1.54, 1.807) is 0 Å². The minimum Gasteiger partial charge on any atom is -0.493 e. The van der Waals surface area contributed by atoms with E-state index in [0.29, 0.717) is 13.0 Å². The summed E-state index contributed by atoms with van der Waals surface area (Å²) < 4.78 is 6.55. The summed E-state index contributed by atoms with van der Waals surface area (Å²) in [4.78, 5) is 11.9. The Bertz CT molecular complexity index is 640. The van der Waals surface area contributed by atoms with Crippen molar-refractivity contribution in [3.63, 3.8) is 0 Å². The number of aryl methyl sites for hydroxylation is 2. The van der Waals surface area contributed by atoms with Gasteiger partial charge in [-0.3, -0.25) is 4.79 Å². The number of carbonyl (C=O) groups excluding carboxylic acids is 1. The van der Waals surface area contributed by atoms with Crippen molar-refractivity contribution < 1.29 is 9.53 Å². The monoisotopic (exact) mass is 347 g/mol. The van der Waals surface area contributed by atoms with E-state index >= 15 is 0 Å². The SMILES string of the molecule is Cc1ccc(C)c(OCCC(=O)Nc2ccccc2Br)c1. The van der Waals surface area contributed by atoms with Crippen molar-refractivity contribution in [2.24, 2.45) is 0 Å². The maximum atomic E-state index is 11.9. The first kappa shape index (κ1) is 15.6. The Labute approximate surface area is 133 Å². The van der Waals surface area contributed by atoms with Gasteiger partial charge < -0.3 is 10.1 Å². The number of para-hydroxylation sites is 1. The van der Waals surface area contributed by atoms with E-state index in [4.69, 9.17) is 4.74 Å². The van der Waals surface area contributed by atoms with Crippen LogP contribution in [0.2, 0.25) is 0 Å². The highest BCUT2D eigenvalue weighted by Gasteiger charge is 2.06. The zero-order valence-electron chi connectivity index (χ0n) is 12.2. The zero-order chi connectivity index (χ0) is 15.2. The third kappa shape index (κ3) is 4.60. The number of carbonyl (C=O) groups is 1. The standard InChI is InChI=1S/C17H18BrNO2/c1-12-7-8-13(2)16(11-12)21-10-9-17(20)19-15-6-4-3-5-14(15)18/h3-8,11H,9-10H2,1-2H3,(H,19,20). The fourth-order valence-electron chi connectivity index (χ4n) is 1.89. The smallest absolute Gasteiger partial charge is 0.227 e. The molecule has 0 aliphatic heterocycles. The number of hydrogen-bond acceptors (Lipinski definition) is 2. The minimum absolute atomic E-state index is 0.0628. The summed E-state index contributed by atoms with van der Waals surface area (Å²) in [5.41, 5.74) is 2.99. The van der Waals surface area contributed by atoms with Crippen molar-refractivity contribution >= 4 is 27.5 Å². The first-order chi connectivity index (χ1) is 10.1. The van der Waals surface area contributed by atoms with Crippen molar-refractivity contribution in [3.05, 3.63) is 58.1 Å². The molecule has 2 aromatic rings. The summed E-state index contributed by atoms with van der Waals surface area (Å²) in [6, 6.07) is 13.6. The Morgan fingerprint density at radius 3 is 2.71 bits per heavy atom. The number of ether oxygens (including phenoxy) is 1. The fraction of sp³-hybridized carbons (Fsp3) is 0.235. The minimum atomic E-state index is -0.0628. The molecule has 1 amide bonds. The van der Waals surface area contributed by atoms with Gasteiger partial charge in [0.1, 0.15) is 5.75 Å². The number of nitrogens with one attached hydrogen (secondary N) is 1. The maximum absolute atomic E-state index is 11.9. The summed E-state index contributed by atoms with van der Waals surface area (Å²) in [6.07, 6.45) is 0.314. The van der Waals surface area contributed by atoms with Crippen molar-refractivity contribution in [1.82, 2.24) is 0 Å². The Kier molecular flexibility index (Phi) is 5.39. The predicted molar refractivity (Wildman–Crippen MR) is 88.8 cm³/mol. The molecule has 0 heterocycles. The second-order valence-corrected chi connectivity index (χ2v) is 5.75. The molecule has 0 radical (unpaired) electrons. The third-order valence-electron chi connectivity index (χ3n) is 3.08. The van der Waals surface area contributed by atoms with Gasteiger partial charge in [0.2, 0.25) is 5.91 Å². The van der Waals surface area contributed by atoms with Crippen LogP contribution in [0.3, 0.4) is 0 Å². The van der Waals surface area contributed by atoms with E-state index in [-0.39, 0.29) is 5.91 Å². The number of halogens is 1. The molecule has 21 heavy (non-hydrogen) atoms. The molecular weight excluding hydrogens is 330 g/mol. The average Bonchev–Trinajstić information content (AvgIpc) is 2.45. The normalized spacial score (nSPS) is 10.2. The third-order valence-corrected chi connectivity index (χ3v) is 3.77. The molecule has 0 saturated carbocycles. The molecule has 0 unspecified atom stereocenters. The van der Waals surface area contributed by atoms with Crippen LogP contribution in [-0.4, -0.2) is 12.5 Å². The van der Waals surface area contributed by atoms with E-state index in [1.165, 1.54) is 0 Å². The molecule has 110 valence electrons. The predicted octanol–water partition coefficient (Wildman–Crippen LogP) is 4.47. The number of benzene rings is 2. The lowest BCUT2D eigenvalue weighted by atomic mass is 10.1. The molecule has 3 nitrogen and oxygen atoms in total. The van der Waals surface area contributed by atoms with Crippen molar-refractivity contribution in [2.75, 3.05) is 11.9 Å². The van der Waals surface area contributed by atoms with Crippen molar-refractivity contribution in [2.45, 2.75) is 20.3 Å². The highest BCUT2D eigenvalue weighted by atomic mass is 79.9. The lowest BCUT2D eigenvalue weighted by Gasteiger charge is -2.10. The van der Waals surface area contributed by atoms with Gasteiger partial charge in [0.25, 0.3) is 0 Å². The molecule has 4 heteroatoms. The van der Waals surface area contributed by atoms with Gasteiger partial charge in [-0.1, -0.05) is 24.3 Å². The lowest BCUT2D eigenvalue weighted by molar-refractivity contribution is -0.116. The van der Waals surface area contributed by atoms with Gasteiger partial charge >= 0.3 is 0 Å². The number of hydrogen-bond donors (Lipinski definition) is 1. The van der Waals surface area contributed by atoms with Crippen LogP contribution in [0.4, 0.5) is 5.69 Å². The van der Waals surface area contributed by atoms with Gasteiger partial charge in [0.05, 0.1) is 18.7 Å². The molecule has 0 bridgehead atoms. The Balaban J connectivity index is 1.85. The van der Waals surface area contributed by atoms with Crippen LogP contribution >= 0.6 is 15.9 Å². The van der Waals surface area contributed by atoms with E-state index in [9.17, 15) is 4.79 Å². The van der Waals surface area contributed by atoms with E-state index < -0.39 is 0 Å². The number of rotatable bonds is 5. The lowest BCUT2D eigenvalue weighted by Crippen LogP contribution is -2.15. The molecule has 0 spiro atoms. The molecule has 0 aliphatic rings. The highest BCUT2D eigenvalue weighted by Crippen LogP contribution is 2.22. The topological polar surface area (TPSA) is 38.3 Å². The van der Waals surface area contributed by atoms with E-state index in [1.807, 2.05) is 56.3 Å². The summed E-state index contributed by atoms with van der Waals surface area (Å²) in [7, 11) is 0. The average molecular weight is 348 g/mol. The van der Waals surface area contributed by atoms with Crippen molar-refractivity contribution in [3.8, 4) is 5.75 Å². The van der Waals surface area contributed by atoms with E-state index in [2.05, 4.69) is 21.2 Å². The largest absolute Gasteiger partial charge is 0.493 e. The van der Waals surface area contributed by atoms with Crippen LogP contribution < -0.4 is 10.1 Å². The highest BCUT2D eigenvalue weighted by molar-refractivity contribution is 9.10. The van der Waals surface area contributed by atoms with Gasteiger partial charge in [0.15, 0.2) is 0 Å². The Hall–Kier alpha value is -1.81. The van der Waals surface area contributed by atoms with E-state index in [0.717, 1.165) is 27.0 Å². The second-order valence-electron chi connectivity index (χ2n) is 4.90. The molecule has 0 saturated heterocycles. The molecule has 2 rings (SSSR count). The maximum Gasteiger partial charge on any atom is 0.227 e. The Morgan fingerprint density at radius 2 is 1.95 bits per heavy atom. The number of anilines is 1. The molecule has 0 fully saturated rings. The van der Waals surface area contributed by atoms with Gasteiger partial charge in [-0.15, -0.1) is 0 Å². The molecular formula is C17H18BrNO2. The summed E-state index contributed by atoms with van der Waals surface area (Å²) in [6.45, 7) is 4.38.